The number of aromatic nitrogens is 2. The largest absolute Gasteiger partial charge is 0.490 e. The van der Waals surface area contributed by atoms with Gasteiger partial charge in [-0.25, -0.2) is 4.98 Å². The second-order valence-electron chi connectivity index (χ2n) is 9.34. The highest BCUT2D eigenvalue weighted by Crippen LogP contribution is 2.36. The summed E-state index contributed by atoms with van der Waals surface area (Å²) < 4.78 is 12.2. The summed E-state index contributed by atoms with van der Waals surface area (Å²) in [4.78, 5) is 22.9. The van der Waals surface area contributed by atoms with Crippen molar-refractivity contribution < 1.29 is 9.47 Å². The number of H-pyrrole nitrogens is 1. The molecule has 2 aromatic heterocycles. The van der Waals surface area contributed by atoms with E-state index >= 15 is 0 Å². The molecule has 0 radical (unpaired) electrons. The highest BCUT2D eigenvalue weighted by atomic mass is 35.5. The predicted octanol–water partition coefficient (Wildman–Crippen LogP) is 7.07. The van der Waals surface area contributed by atoms with Crippen molar-refractivity contribution in [1.29, 1.82) is 0 Å². The number of ether oxygens (including phenoxy) is 2. The number of aromatic amines is 1. The Morgan fingerprint density at radius 1 is 1.06 bits per heavy atom. The van der Waals surface area contributed by atoms with E-state index in [1.165, 1.54) is 22.4 Å². The minimum absolute atomic E-state index is 0.0979. The van der Waals surface area contributed by atoms with Gasteiger partial charge in [0, 0.05) is 9.90 Å². The molecule has 0 unspecified atom stereocenters. The van der Waals surface area contributed by atoms with Gasteiger partial charge in [-0.2, -0.15) is 0 Å². The van der Waals surface area contributed by atoms with Crippen LogP contribution in [0.2, 0.25) is 5.02 Å². The zero-order valence-electron chi connectivity index (χ0n) is 20.2. The fourth-order valence-corrected chi connectivity index (χ4v) is 6.09. The number of nitrogens with one attached hydrogen (secondary N) is 1. The summed E-state index contributed by atoms with van der Waals surface area (Å²) in [6.07, 6.45) is 4.26. The first kappa shape index (κ1) is 23.9. The van der Waals surface area contributed by atoms with E-state index in [-0.39, 0.29) is 5.56 Å². The Morgan fingerprint density at radius 3 is 2.63 bits per heavy atom. The summed E-state index contributed by atoms with van der Waals surface area (Å²) in [7, 11) is 0. The van der Waals surface area contributed by atoms with Crippen LogP contribution in [0.3, 0.4) is 0 Å². The van der Waals surface area contributed by atoms with E-state index in [2.05, 4.69) is 44.0 Å². The Bertz CT molecular complexity index is 1440. The molecule has 5 nitrogen and oxygen atoms in total. The summed E-state index contributed by atoms with van der Waals surface area (Å²) in [5, 5.41) is 1.30. The van der Waals surface area contributed by atoms with E-state index in [1.54, 1.807) is 23.5 Å². The van der Waals surface area contributed by atoms with Gasteiger partial charge in [-0.1, -0.05) is 37.6 Å². The van der Waals surface area contributed by atoms with Gasteiger partial charge in [0.15, 0.2) is 0 Å². The van der Waals surface area contributed by atoms with E-state index in [0.29, 0.717) is 41.3 Å². The molecule has 1 N–H and O–H groups in total. The van der Waals surface area contributed by atoms with Gasteiger partial charge in [0.2, 0.25) is 0 Å². The normalized spacial score (nSPS) is 13.3. The fraction of sp³-hybridized carbons (Fsp3) is 0.357. The van der Waals surface area contributed by atoms with E-state index in [4.69, 9.17) is 26.1 Å². The molecule has 0 spiro atoms. The third kappa shape index (κ3) is 4.95. The van der Waals surface area contributed by atoms with Crippen LogP contribution in [-0.4, -0.2) is 23.2 Å². The van der Waals surface area contributed by atoms with E-state index in [1.807, 2.05) is 6.07 Å². The monoisotopic (exact) mass is 508 g/mol. The third-order valence-corrected chi connectivity index (χ3v) is 7.83. The number of thiophene rings is 1. The van der Waals surface area contributed by atoms with Crippen LogP contribution in [-0.2, 0) is 12.8 Å². The molecule has 5 rings (SSSR count). The van der Waals surface area contributed by atoms with Crippen molar-refractivity contribution in [3.8, 4) is 22.9 Å². The summed E-state index contributed by atoms with van der Waals surface area (Å²) in [6.45, 7) is 7.11. The maximum absolute atomic E-state index is 13.1. The molecule has 0 aliphatic heterocycles. The number of benzene rings is 2. The lowest BCUT2D eigenvalue weighted by Gasteiger charge is -2.16. The second kappa shape index (κ2) is 10.0. The average Bonchev–Trinajstić information content (AvgIpc) is 3.21. The second-order valence-corrected chi connectivity index (χ2v) is 10.9. The zero-order valence-corrected chi connectivity index (χ0v) is 21.8. The molecule has 2 aromatic carbocycles. The minimum atomic E-state index is -0.0979. The van der Waals surface area contributed by atoms with Gasteiger partial charge in [0.25, 0.3) is 5.56 Å². The van der Waals surface area contributed by atoms with Crippen LogP contribution in [0.4, 0.5) is 0 Å². The van der Waals surface area contributed by atoms with Crippen LogP contribution in [0.1, 0.15) is 54.2 Å². The fourth-order valence-electron chi connectivity index (χ4n) is 4.65. The molecular weight excluding hydrogens is 480 g/mol. The highest BCUT2D eigenvalue weighted by Gasteiger charge is 2.21. The molecule has 182 valence electrons. The molecule has 4 aromatic rings. The maximum atomic E-state index is 13.1. The average molecular weight is 509 g/mol. The van der Waals surface area contributed by atoms with Gasteiger partial charge in [-0.05, 0) is 79.5 Å². The van der Waals surface area contributed by atoms with Crippen LogP contribution in [0.25, 0.3) is 21.6 Å². The van der Waals surface area contributed by atoms with Crippen molar-refractivity contribution in [3.05, 3.63) is 73.3 Å². The molecule has 7 heteroatoms. The quantitative estimate of drug-likeness (QED) is 0.271. The SMILES string of the molecule is Cc1ccc(C(C)C)c(OCCOc2ccc(Cl)cc2-c2nc3sc4c(c3c(=O)[nH]2)CCCC4)c1. The minimum Gasteiger partial charge on any atom is -0.490 e. The lowest BCUT2D eigenvalue weighted by molar-refractivity contribution is 0.216. The van der Waals surface area contributed by atoms with Gasteiger partial charge >= 0.3 is 0 Å². The summed E-state index contributed by atoms with van der Waals surface area (Å²) in [5.41, 5.74) is 4.08. The lowest BCUT2D eigenvalue weighted by Crippen LogP contribution is -2.13. The van der Waals surface area contributed by atoms with Gasteiger partial charge in [-0.15, -0.1) is 11.3 Å². The first-order valence-electron chi connectivity index (χ1n) is 12.1. The number of aryl methyl sites for hydroxylation is 3. The maximum Gasteiger partial charge on any atom is 0.260 e. The Balaban J connectivity index is 1.38. The Labute approximate surface area is 214 Å². The van der Waals surface area contributed by atoms with Gasteiger partial charge in [0.1, 0.15) is 35.4 Å². The van der Waals surface area contributed by atoms with E-state index < -0.39 is 0 Å². The number of hydrogen-bond acceptors (Lipinski definition) is 5. The summed E-state index contributed by atoms with van der Waals surface area (Å²) >= 11 is 7.94. The molecule has 0 amide bonds. The molecule has 0 fully saturated rings. The van der Waals surface area contributed by atoms with Crippen molar-refractivity contribution in [3.63, 3.8) is 0 Å². The first-order chi connectivity index (χ1) is 16.9. The lowest BCUT2D eigenvalue weighted by atomic mass is 9.97. The predicted molar refractivity (Wildman–Crippen MR) is 144 cm³/mol. The molecule has 0 saturated heterocycles. The molecule has 0 bridgehead atoms. The molecule has 0 saturated carbocycles. The van der Waals surface area contributed by atoms with Crippen LogP contribution in [0, 0.1) is 6.92 Å². The smallest absolute Gasteiger partial charge is 0.260 e. The summed E-state index contributed by atoms with van der Waals surface area (Å²) in [5.74, 6) is 2.34. The van der Waals surface area contributed by atoms with Crippen LogP contribution < -0.4 is 15.0 Å². The molecule has 0 atom stereocenters. The van der Waals surface area contributed by atoms with Crippen molar-refractivity contribution in [2.75, 3.05) is 13.2 Å². The van der Waals surface area contributed by atoms with Crippen molar-refractivity contribution >= 4 is 33.2 Å². The number of fused-ring (bicyclic) bond motifs is 3. The highest BCUT2D eigenvalue weighted by molar-refractivity contribution is 7.18. The Hall–Kier alpha value is -2.83. The van der Waals surface area contributed by atoms with E-state index in [0.717, 1.165) is 40.8 Å². The van der Waals surface area contributed by atoms with Gasteiger partial charge < -0.3 is 14.5 Å². The first-order valence-corrected chi connectivity index (χ1v) is 13.3. The van der Waals surface area contributed by atoms with Gasteiger partial charge in [0.05, 0.1) is 10.9 Å². The number of halogens is 1. The van der Waals surface area contributed by atoms with Gasteiger partial charge in [-0.3, -0.25) is 4.79 Å². The molecule has 1 aliphatic carbocycles. The molecule has 1 aliphatic rings. The van der Waals surface area contributed by atoms with Crippen molar-refractivity contribution in [2.45, 2.75) is 52.4 Å². The summed E-state index contributed by atoms with van der Waals surface area (Å²) in [6, 6.07) is 11.7. The Morgan fingerprint density at radius 2 is 1.83 bits per heavy atom. The van der Waals surface area contributed by atoms with Crippen LogP contribution >= 0.6 is 22.9 Å². The van der Waals surface area contributed by atoms with E-state index in [9.17, 15) is 4.79 Å². The number of rotatable bonds is 7. The molecule has 2 heterocycles. The molecule has 35 heavy (non-hydrogen) atoms. The van der Waals surface area contributed by atoms with Crippen LogP contribution in [0.5, 0.6) is 11.5 Å². The third-order valence-electron chi connectivity index (χ3n) is 6.41. The van der Waals surface area contributed by atoms with Crippen molar-refractivity contribution in [2.24, 2.45) is 0 Å². The number of hydrogen-bond donors (Lipinski definition) is 1. The van der Waals surface area contributed by atoms with Crippen molar-refractivity contribution in [1.82, 2.24) is 9.97 Å². The van der Waals surface area contributed by atoms with Crippen LogP contribution in [0.15, 0.2) is 41.2 Å². The standard InChI is InChI=1S/C28H29ClN2O3S/c1-16(2)19-10-8-17(3)14-23(19)34-13-12-33-22-11-9-18(29)15-21(22)26-30-27(32)25-20-6-4-5-7-24(20)35-28(25)31-26/h8-11,14-16H,4-7,12-13H2,1-3H3,(H,30,31,32). The zero-order chi connectivity index (χ0) is 24.5. The number of nitrogens with zero attached hydrogens (tertiary/aromatic N) is 1. The topological polar surface area (TPSA) is 64.2 Å². The molecular formula is C28H29ClN2O3S. The Kier molecular flexibility index (Phi) is 6.85.